The first-order chi connectivity index (χ1) is 6.72. The molecule has 0 fully saturated rings. The van der Waals surface area contributed by atoms with Gasteiger partial charge >= 0.3 is 7.12 Å². The summed E-state index contributed by atoms with van der Waals surface area (Å²) >= 11 is 0. The van der Waals surface area contributed by atoms with E-state index in [1.54, 1.807) is 0 Å². The summed E-state index contributed by atoms with van der Waals surface area (Å²) in [7, 11) is 2.26. The lowest BCUT2D eigenvalue weighted by Crippen LogP contribution is -2.37. The minimum Gasteiger partial charge on any atom is -0.410 e. The summed E-state index contributed by atoms with van der Waals surface area (Å²) in [6.45, 7) is 0. The zero-order chi connectivity index (χ0) is 10.6. The van der Waals surface area contributed by atoms with Crippen LogP contribution in [0.1, 0.15) is 10.4 Å². The molecule has 1 aromatic carbocycles. The summed E-state index contributed by atoms with van der Waals surface area (Å²) < 4.78 is 22.7. The van der Waals surface area contributed by atoms with Crippen molar-refractivity contribution >= 4 is 18.9 Å². The van der Waals surface area contributed by atoms with E-state index in [4.69, 9.17) is 9.31 Å². The van der Waals surface area contributed by atoms with Crippen molar-refractivity contribution in [1.29, 1.82) is 0 Å². The third-order valence-electron chi connectivity index (χ3n) is 1.86. The van der Waals surface area contributed by atoms with Crippen molar-refractivity contribution in [2.45, 2.75) is 0 Å². The number of halogens is 1. The maximum absolute atomic E-state index is 12.8. The minimum absolute atomic E-state index is 0.235. The highest BCUT2D eigenvalue weighted by Crippen LogP contribution is 2.01. The molecule has 0 saturated carbocycles. The van der Waals surface area contributed by atoms with E-state index in [0.29, 0.717) is 11.7 Å². The predicted octanol–water partition coefficient (Wildman–Crippen LogP) is 0.626. The van der Waals surface area contributed by atoms with Crippen LogP contribution in [0.2, 0.25) is 0 Å². The lowest BCUT2D eigenvalue weighted by Gasteiger charge is -2.10. The molecule has 5 heteroatoms. The van der Waals surface area contributed by atoms with E-state index in [1.165, 1.54) is 26.4 Å². The van der Waals surface area contributed by atoms with Crippen molar-refractivity contribution in [3.05, 3.63) is 29.6 Å². The molecule has 0 N–H and O–H groups in total. The average molecular weight is 196 g/mol. The quantitative estimate of drug-likeness (QED) is 0.523. The van der Waals surface area contributed by atoms with Crippen LogP contribution in [0.25, 0.3) is 0 Å². The molecule has 0 aliphatic heterocycles. The fourth-order valence-electron chi connectivity index (χ4n) is 1.21. The number of carbonyl (C=O) groups excluding carboxylic acids is 1. The molecule has 0 bridgehead atoms. The number of aldehydes is 1. The van der Waals surface area contributed by atoms with Crippen molar-refractivity contribution in [2.75, 3.05) is 14.2 Å². The molecule has 1 aromatic rings. The number of rotatable bonds is 4. The van der Waals surface area contributed by atoms with Crippen molar-refractivity contribution in [1.82, 2.24) is 0 Å². The molecule has 0 amide bonds. The molecule has 0 aromatic heterocycles. The Kier molecular flexibility index (Phi) is 3.79. The number of carbonyl (C=O) groups is 1. The topological polar surface area (TPSA) is 35.5 Å². The van der Waals surface area contributed by atoms with Crippen LogP contribution in [-0.2, 0) is 9.31 Å². The molecular weight excluding hydrogens is 186 g/mol. The highest BCUT2D eigenvalue weighted by Gasteiger charge is 2.21. The van der Waals surface area contributed by atoms with Gasteiger partial charge in [0.1, 0.15) is 12.1 Å². The van der Waals surface area contributed by atoms with Gasteiger partial charge in [-0.25, -0.2) is 4.39 Å². The zero-order valence-electron chi connectivity index (χ0n) is 7.99. The molecular formula is C9H10BFO3. The number of hydrogen-bond donors (Lipinski definition) is 0. The first-order valence-electron chi connectivity index (χ1n) is 4.03. The summed E-state index contributed by atoms with van der Waals surface area (Å²) in [5.74, 6) is -0.457. The first kappa shape index (κ1) is 10.9. The van der Waals surface area contributed by atoms with Crippen LogP contribution in [0.5, 0.6) is 0 Å². The van der Waals surface area contributed by atoms with E-state index in [2.05, 4.69) is 0 Å². The van der Waals surface area contributed by atoms with Crippen molar-refractivity contribution < 1.29 is 18.5 Å². The highest BCUT2D eigenvalue weighted by atomic mass is 19.1. The Hall–Kier alpha value is -1.20. The van der Waals surface area contributed by atoms with Gasteiger partial charge in [0.15, 0.2) is 0 Å². The van der Waals surface area contributed by atoms with Gasteiger partial charge in [-0.05, 0) is 17.6 Å². The van der Waals surface area contributed by atoms with Crippen molar-refractivity contribution in [3.8, 4) is 0 Å². The summed E-state index contributed by atoms with van der Waals surface area (Å²) in [4.78, 5) is 10.6. The zero-order valence-corrected chi connectivity index (χ0v) is 7.99. The number of hydrogen-bond acceptors (Lipinski definition) is 3. The molecule has 0 spiro atoms. The smallest absolute Gasteiger partial charge is 0.410 e. The second-order valence-corrected chi connectivity index (χ2v) is 2.69. The molecule has 74 valence electrons. The van der Waals surface area contributed by atoms with Gasteiger partial charge in [0, 0.05) is 19.8 Å². The van der Waals surface area contributed by atoms with Crippen LogP contribution in [0.4, 0.5) is 4.39 Å². The Morgan fingerprint density at radius 3 is 2.50 bits per heavy atom. The van der Waals surface area contributed by atoms with Crippen molar-refractivity contribution in [3.63, 3.8) is 0 Å². The maximum atomic E-state index is 12.8. The van der Waals surface area contributed by atoms with Gasteiger partial charge in [0.2, 0.25) is 0 Å². The second-order valence-electron chi connectivity index (χ2n) is 2.69. The van der Waals surface area contributed by atoms with Gasteiger partial charge in [-0.1, -0.05) is 6.07 Å². The van der Waals surface area contributed by atoms with Gasteiger partial charge in [-0.15, -0.1) is 0 Å². The van der Waals surface area contributed by atoms with Gasteiger partial charge in [0.25, 0.3) is 0 Å². The fraction of sp³-hybridized carbons (Fsp3) is 0.222. The molecule has 3 nitrogen and oxygen atoms in total. The summed E-state index contributed by atoms with van der Waals surface area (Å²) in [6, 6.07) is 3.87. The van der Waals surface area contributed by atoms with E-state index in [-0.39, 0.29) is 5.56 Å². The second kappa shape index (κ2) is 4.88. The molecule has 1 rings (SSSR count). The van der Waals surface area contributed by atoms with Crippen LogP contribution in [-0.4, -0.2) is 27.6 Å². The molecule has 0 unspecified atom stereocenters. The molecule has 0 aliphatic carbocycles. The summed E-state index contributed by atoms with van der Waals surface area (Å²) in [5.41, 5.74) is 0.755. The maximum Gasteiger partial charge on any atom is 0.494 e. The number of benzene rings is 1. The van der Waals surface area contributed by atoms with E-state index < -0.39 is 12.9 Å². The normalized spacial score (nSPS) is 9.93. The van der Waals surface area contributed by atoms with Gasteiger partial charge in [-0.2, -0.15) is 0 Å². The van der Waals surface area contributed by atoms with E-state index in [1.807, 2.05) is 0 Å². The third kappa shape index (κ3) is 2.18. The van der Waals surface area contributed by atoms with Gasteiger partial charge in [-0.3, -0.25) is 4.79 Å². The van der Waals surface area contributed by atoms with Crippen LogP contribution < -0.4 is 5.46 Å². The molecule has 0 heterocycles. The fourth-order valence-corrected chi connectivity index (χ4v) is 1.21. The molecule has 0 saturated heterocycles. The van der Waals surface area contributed by atoms with E-state index in [9.17, 15) is 9.18 Å². The lowest BCUT2D eigenvalue weighted by atomic mass is 9.76. The highest BCUT2D eigenvalue weighted by molar-refractivity contribution is 6.62. The summed E-state index contributed by atoms with van der Waals surface area (Å²) in [5, 5.41) is 0. The van der Waals surface area contributed by atoms with E-state index in [0.717, 1.165) is 6.07 Å². The van der Waals surface area contributed by atoms with Crippen LogP contribution >= 0.6 is 0 Å². The molecule has 14 heavy (non-hydrogen) atoms. The monoisotopic (exact) mass is 196 g/mol. The Morgan fingerprint density at radius 2 is 2.00 bits per heavy atom. The average Bonchev–Trinajstić information content (AvgIpc) is 2.21. The van der Waals surface area contributed by atoms with Crippen molar-refractivity contribution in [2.24, 2.45) is 0 Å². The minimum atomic E-state index is -0.643. The van der Waals surface area contributed by atoms with Gasteiger partial charge in [0.05, 0.1) is 0 Å². The SMILES string of the molecule is COB(OC)c1ccc(F)cc1C=O. The van der Waals surface area contributed by atoms with Crippen LogP contribution in [0.3, 0.4) is 0 Å². The Bertz CT molecular complexity index is 326. The Labute approximate surface area is 82.0 Å². The first-order valence-corrected chi connectivity index (χ1v) is 4.03. The molecule has 0 atom stereocenters. The predicted molar refractivity (Wildman–Crippen MR) is 51.2 cm³/mol. The standard InChI is InChI=1S/C9H10BFO3/c1-13-10(14-2)9-4-3-8(11)5-7(9)6-12/h3-6H,1-2H3. The third-order valence-corrected chi connectivity index (χ3v) is 1.86. The summed E-state index contributed by atoms with van der Waals surface area (Å²) in [6.07, 6.45) is 0.573. The van der Waals surface area contributed by atoms with Crippen LogP contribution in [0.15, 0.2) is 18.2 Å². The largest absolute Gasteiger partial charge is 0.494 e. The Balaban J connectivity index is 3.12. The van der Waals surface area contributed by atoms with Crippen LogP contribution in [0, 0.1) is 5.82 Å². The molecule has 0 radical (unpaired) electrons. The Morgan fingerprint density at radius 1 is 1.36 bits per heavy atom. The van der Waals surface area contributed by atoms with E-state index >= 15 is 0 Å². The molecule has 0 aliphatic rings. The lowest BCUT2D eigenvalue weighted by molar-refractivity contribution is 0.112. The van der Waals surface area contributed by atoms with Gasteiger partial charge < -0.3 is 9.31 Å².